The summed E-state index contributed by atoms with van der Waals surface area (Å²) < 4.78 is 16.5. The van der Waals surface area contributed by atoms with E-state index in [0.29, 0.717) is 5.56 Å². The van der Waals surface area contributed by atoms with E-state index in [2.05, 4.69) is 10.1 Å². The Balaban J connectivity index is 2.15. The Morgan fingerprint density at radius 3 is 2.46 bits per heavy atom. The van der Waals surface area contributed by atoms with Crippen molar-refractivity contribution in [2.24, 2.45) is 5.10 Å². The molecule has 1 aromatic carbocycles. The molecule has 0 spiro atoms. The average Bonchev–Trinajstić information content (AvgIpc) is 3.10. The molecule has 0 aliphatic carbocycles. The third-order valence-corrected chi connectivity index (χ3v) is 4.58. The van der Waals surface area contributed by atoms with Gasteiger partial charge < -0.3 is 14.2 Å². The molecule has 3 rings (SSSR count). The van der Waals surface area contributed by atoms with Gasteiger partial charge in [-0.1, -0.05) is 23.2 Å². The van der Waals surface area contributed by atoms with Gasteiger partial charge >= 0.3 is 5.97 Å². The Morgan fingerprint density at radius 2 is 1.89 bits per heavy atom. The summed E-state index contributed by atoms with van der Waals surface area (Å²) in [5.41, 5.74) is 0.743. The molecule has 2 aromatic rings. The Bertz CT molecular complexity index is 965. The first-order chi connectivity index (χ1) is 13.3. The van der Waals surface area contributed by atoms with Gasteiger partial charge in [0.15, 0.2) is 11.5 Å². The van der Waals surface area contributed by atoms with Gasteiger partial charge in [-0.15, -0.1) is 5.10 Å². The van der Waals surface area contributed by atoms with Gasteiger partial charge in [0.1, 0.15) is 0 Å². The summed E-state index contributed by atoms with van der Waals surface area (Å²) >= 11 is 12.6. The molecule has 1 aromatic heterocycles. The van der Waals surface area contributed by atoms with E-state index in [1.54, 1.807) is 24.5 Å². The van der Waals surface area contributed by atoms with Gasteiger partial charge in [-0.2, -0.15) is 5.01 Å². The number of hydrogen-bond donors (Lipinski definition) is 0. The monoisotopic (exact) mass is 423 g/mol. The second-order valence-electron chi connectivity index (χ2n) is 5.69. The van der Waals surface area contributed by atoms with E-state index >= 15 is 0 Å². The van der Waals surface area contributed by atoms with Crippen LogP contribution >= 0.6 is 23.2 Å². The number of esters is 1. The maximum atomic E-state index is 12.2. The standard InChI is InChI=1S/C18H15Cl2N3O5/c1-9(24)23-18(28-17(22-23)11-4-6-21-7-5-11)14-15(20)12(19)8-13(26-3)16(14)27-10(2)25/h4-8,18H,1-3H3. The van der Waals surface area contributed by atoms with Crippen LogP contribution in [0.5, 0.6) is 11.5 Å². The molecule has 1 aliphatic heterocycles. The first-order valence-electron chi connectivity index (χ1n) is 8.03. The lowest BCUT2D eigenvalue weighted by Gasteiger charge is -2.24. The lowest BCUT2D eigenvalue weighted by molar-refractivity contribution is -0.135. The zero-order valence-electron chi connectivity index (χ0n) is 15.1. The van der Waals surface area contributed by atoms with Gasteiger partial charge in [-0.25, -0.2) is 0 Å². The van der Waals surface area contributed by atoms with Crippen molar-refractivity contribution in [1.82, 2.24) is 9.99 Å². The molecule has 1 aliphatic rings. The molecule has 0 radical (unpaired) electrons. The normalized spacial score (nSPS) is 15.7. The van der Waals surface area contributed by atoms with Gasteiger partial charge in [0, 0.05) is 37.9 Å². The van der Waals surface area contributed by atoms with Gasteiger partial charge in [0.2, 0.25) is 18.0 Å². The van der Waals surface area contributed by atoms with Gasteiger partial charge in [-0.05, 0) is 12.1 Å². The molecule has 1 atom stereocenters. The van der Waals surface area contributed by atoms with Crippen molar-refractivity contribution >= 4 is 41.0 Å². The fourth-order valence-electron chi connectivity index (χ4n) is 2.59. The molecule has 146 valence electrons. The van der Waals surface area contributed by atoms with Crippen LogP contribution in [-0.2, 0) is 14.3 Å². The average molecular weight is 424 g/mol. The van der Waals surface area contributed by atoms with Crippen molar-refractivity contribution in [2.75, 3.05) is 7.11 Å². The van der Waals surface area contributed by atoms with E-state index in [1.165, 1.54) is 27.0 Å². The van der Waals surface area contributed by atoms with Crippen LogP contribution in [0.1, 0.15) is 31.2 Å². The Hall–Kier alpha value is -2.84. The molecule has 28 heavy (non-hydrogen) atoms. The zero-order valence-corrected chi connectivity index (χ0v) is 16.6. The van der Waals surface area contributed by atoms with Gasteiger partial charge in [0.25, 0.3) is 0 Å². The number of halogens is 2. The maximum absolute atomic E-state index is 12.2. The molecule has 1 unspecified atom stereocenters. The Morgan fingerprint density at radius 1 is 1.21 bits per heavy atom. The highest BCUT2D eigenvalue weighted by molar-refractivity contribution is 6.42. The number of ether oxygens (including phenoxy) is 3. The summed E-state index contributed by atoms with van der Waals surface area (Å²) in [6.45, 7) is 2.54. The number of hydrazone groups is 1. The van der Waals surface area contributed by atoms with Gasteiger partial charge in [-0.3, -0.25) is 14.6 Å². The second kappa shape index (κ2) is 8.04. The summed E-state index contributed by atoms with van der Waals surface area (Å²) in [5.74, 6) is -0.708. The molecular formula is C18H15Cl2N3O5. The highest BCUT2D eigenvalue weighted by atomic mass is 35.5. The predicted molar refractivity (Wildman–Crippen MR) is 101 cm³/mol. The van der Waals surface area contributed by atoms with Crippen LogP contribution in [-0.4, -0.2) is 34.9 Å². The topological polar surface area (TPSA) is 90.3 Å². The number of pyridine rings is 1. The first-order valence-corrected chi connectivity index (χ1v) is 8.78. The van der Waals surface area contributed by atoms with Crippen LogP contribution < -0.4 is 9.47 Å². The highest BCUT2D eigenvalue weighted by Gasteiger charge is 2.39. The smallest absolute Gasteiger partial charge is 0.308 e. The van der Waals surface area contributed by atoms with Crippen LogP contribution in [0.2, 0.25) is 10.0 Å². The van der Waals surface area contributed by atoms with E-state index in [1.807, 2.05) is 0 Å². The largest absolute Gasteiger partial charge is 0.493 e. The van der Waals surface area contributed by atoms with Crippen molar-refractivity contribution in [2.45, 2.75) is 20.1 Å². The number of benzene rings is 1. The van der Waals surface area contributed by atoms with E-state index in [9.17, 15) is 9.59 Å². The van der Waals surface area contributed by atoms with Crippen molar-refractivity contribution in [1.29, 1.82) is 0 Å². The lowest BCUT2D eigenvalue weighted by Crippen LogP contribution is -2.26. The lowest BCUT2D eigenvalue weighted by atomic mass is 10.1. The number of carbonyl (C=O) groups is 2. The Kier molecular flexibility index (Phi) is 5.71. The molecule has 1 amide bonds. The van der Waals surface area contributed by atoms with Crippen molar-refractivity contribution in [3.63, 3.8) is 0 Å². The molecule has 2 heterocycles. The minimum atomic E-state index is -1.12. The summed E-state index contributed by atoms with van der Waals surface area (Å²) in [4.78, 5) is 27.8. The minimum absolute atomic E-state index is 0.00757. The van der Waals surface area contributed by atoms with Crippen LogP contribution in [0.4, 0.5) is 0 Å². The van der Waals surface area contributed by atoms with E-state index in [4.69, 9.17) is 37.4 Å². The van der Waals surface area contributed by atoms with Crippen LogP contribution in [0.3, 0.4) is 0 Å². The molecular weight excluding hydrogens is 409 g/mol. The van der Waals surface area contributed by atoms with Crippen LogP contribution in [0.15, 0.2) is 35.7 Å². The van der Waals surface area contributed by atoms with Crippen molar-refractivity contribution < 1.29 is 23.8 Å². The molecule has 10 heteroatoms. The third kappa shape index (κ3) is 3.74. The van der Waals surface area contributed by atoms with Crippen molar-refractivity contribution in [3.8, 4) is 11.5 Å². The molecule has 0 fully saturated rings. The first kappa shape index (κ1) is 19.9. The fourth-order valence-corrected chi connectivity index (χ4v) is 3.03. The van der Waals surface area contributed by atoms with Crippen molar-refractivity contribution in [3.05, 3.63) is 51.8 Å². The van der Waals surface area contributed by atoms with Gasteiger partial charge in [0.05, 0.1) is 22.7 Å². The number of hydrogen-bond acceptors (Lipinski definition) is 7. The predicted octanol–water partition coefficient (Wildman–Crippen LogP) is 3.56. The summed E-state index contributed by atoms with van der Waals surface area (Å²) in [6.07, 6.45) is 2.01. The number of nitrogens with zero attached hydrogens (tertiary/aromatic N) is 3. The number of rotatable bonds is 4. The number of carbonyl (C=O) groups excluding carboxylic acids is 2. The molecule has 0 saturated heterocycles. The molecule has 8 nitrogen and oxygen atoms in total. The third-order valence-electron chi connectivity index (χ3n) is 3.78. The summed E-state index contributed by atoms with van der Waals surface area (Å²) in [5, 5.41) is 5.49. The maximum Gasteiger partial charge on any atom is 0.308 e. The zero-order chi connectivity index (χ0) is 20.4. The second-order valence-corrected chi connectivity index (χ2v) is 6.47. The number of amides is 1. The molecule has 0 saturated carbocycles. The van der Waals surface area contributed by atoms with Crippen LogP contribution in [0, 0.1) is 0 Å². The summed E-state index contributed by atoms with van der Waals surface area (Å²) in [7, 11) is 1.38. The quantitative estimate of drug-likeness (QED) is 0.551. The number of methoxy groups -OCH3 is 1. The Labute approximate surface area is 170 Å². The fraction of sp³-hybridized carbons (Fsp3) is 0.222. The molecule has 0 N–H and O–H groups in total. The number of aromatic nitrogens is 1. The highest BCUT2D eigenvalue weighted by Crippen LogP contribution is 2.47. The molecule has 0 bridgehead atoms. The van der Waals surface area contributed by atoms with E-state index in [-0.39, 0.29) is 33.0 Å². The van der Waals surface area contributed by atoms with E-state index in [0.717, 1.165) is 5.01 Å². The van der Waals surface area contributed by atoms with Crippen LogP contribution in [0.25, 0.3) is 0 Å². The SMILES string of the molecule is COc1cc(Cl)c(Cl)c(C2OC(c3ccncc3)=NN2C(C)=O)c1OC(C)=O. The summed E-state index contributed by atoms with van der Waals surface area (Å²) in [6, 6.07) is 4.75. The minimum Gasteiger partial charge on any atom is -0.493 e. The van der Waals surface area contributed by atoms with E-state index < -0.39 is 18.1 Å².